The number of benzene rings is 2. The predicted octanol–water partition coefficient (Wildman–Crippen LogP) is 5.36. The zero-order chi connectivity index (χ0) is 20.0. The molecule has 1 aliphatic rings. The largest absolute Gasteiger partial charge is 0.465 e. The average Bonchev–Trinajstić information content (AvgIpc) is 3.17. The summed E-state index contributed by atoms with van der Waals surface area (Å²) >= 11 is 11.9. The summed E-state index contributed by atoms with van der Waals surface area (Å²) in [5.41, 5.74) is 2.35. The smallest absolute Gasteiger partial charge is 0.337 e. The number of esters is 1. The zero-order valence-corrected chi connectivity index (χ0v) is 17.5. The Morgan fingerprint density at radius 1 is 1.18 bits per heavy atom. The standard InChI is InChI=1S/C22H25ClN2O2S/c1-27-20(26)17-9-10-18(23)19(15-17)24-21(28)25-22(12-5-6-13-22)14-11-16-7-3-2-4-8-16/h2-4,7-10,15H,5-6,11-14H2,1H3,(H2,24,25,28). The molecule has 0 atom stereocenters. The van der Waals surface area contributed by atoms with Crippen molar-refractivity contribution < 1.29 is 9.53 Å². The van der Waals surface area contributed by atoms with Crippen molar-refractivity contribution in [2.45, 2.75) is 44.1 Å². The Morgan fingerprint density at radius 2 is 1.89 bits per heavy atom. The first-order valence-corrected chi connectivity index (χ1v) is 10.3. The van der Waals surface area contributed by atoms with Gasteiger partial charge in [0.05, 0.1) is 23.4 Å². The van der Waals surface area contributed by atoms with Gasteiger partial charge in [0.1, 0.15) is 0 Å². The highest BCUT2D eigenvalue weighted by Crippen LogP contribution is 2.34. The van der Waals surface area contributed by atoms with Gasteiger partial charge in [-0.15, -0.1) is 0 Å². The van der Waals surface area contributed by atoms with E-state index >= 15 is 0 Å². The minimum atomic E-state index is -0.409. The molecular formula is C22H25ClN2O2S. The van der Waals surface area contributed by atoms with E-state index in [-0.39, 0.29) is 5.54 Å². The fraction of sp³-hybridized carbons (Fsp3) is 0.364. The number of carbonyl (C=O) groups excluding carboxylic acids is 1. The number of hydrogen-bond acceptors (Lipinski definition) is 3. The molecule has 0 radical (unpaired) electrons. The van der Waals surface area contributed by atoms with E-state index in [1.165, 1.54) is 25.5 Å². The molecule has 2 aromatic carbocycles. The van der Waals surface area contributed by atoms with Crippen LogP contribution in [0.5, 0.6) is 0 Å². The molecule has 2 N–H and O–H groups in total. The van der Waals surface area contributed by atoms with Gasteiger partial charge in [0.15, 0.2) is 5.11 Å². The summed E-state index contributed by atoms with van der Waals surface area (Å²) in [6, 6.07) is 15.5. The van der Waals surface area contributed by atoms with Crippen LogP contribution in [0, 0.1) is 0 Å². The molecule has 0 spiro atoms. The van der Waals surface area contributed by atoms with Crippen molar-refractivity contribution in [3.8, 4) is 0 Å². The minimum absolute atomic E-state index is 0.00758. The average molecular weight is 417 g/mol. The molecule has 0 bridgehead atoms. The van der Waals surface area contributed by atoms with E-state index < -0.39 is 5.97 Å². The van der Waals surface area contributed by atoms with E-state index in [4.69, 9.17) is 28.6 Å². The quantitative estimate of drug-likeness (QED) is 0.490. The molecule has 0 saturated heterocycles. The molecule has 28 heavy (non-hydrogen) atoms. The lowest BCUT2D eigenvalue weighted by atomic mass is 9.89. The van der Waals surface area contributed by atoms with Crippen molar-refractivity contribution >= 4 is 40.6 Å². The second-order valence-electron chi connectivity index (χ2n) is 7.24. The maximum Gasteiger partial charge on any atom is 0.337 e. The lowest BCUT2D eigenvalue weighted by Crippen LogP contribution is -2.48. The molecule has 1 aliphatic carbocycles. The van der Waals surface area contributed by atoms with Crippen LogP contribution in [0.4, 0.5) is 5.69 Å². The van der Waals surface area contributed by atoms with Gasteiger partial charge in [-0.05, 0) is 61.7 Å². The monoisotopic (exact) mass is 416 g/mol. The van der Waals surface area contributed by atoms with Gasteiger partial charge in [0.25, 0.3) is 0 Å². The van der Waals surface area contributed by atoms with Crippen LogP contribution in [0.25, 0.3) is 0 Å². The van der Waals surface area contributed by atoms with Crippen LogP contribution in [0.2, 0.25) is 5.02 Å². The van der Waals surface area contributed by atoms with E-state index in [1.807, 2.05) is 6.07 Å². The third-order valence-corrected chi connectivity index (χ3v) is 5.84. The summed E-state index contributed by atoms with van der Waals surface area (Å²) in [5, 5.41) is 7.73. The van der Waals surface area contributed by atoms with Crippen LogP contribution in [-0.2, 0) is 11.2 Å². The topological polar surface area (TPSA) is 50.4 Å². The Kier molecular flexibility index (Phi) is 6.92. The molecule has 4 nitrogen and oxygen atoms in total. The van der Waals surface area contributed by atoms with Crippen molar-refractivity contribution in [1.82, 2.24) is 5.32 Å². The highest BCUT2D eigenvalue weighted by Gasteiger charge is 2.34. The van der Waals surface area contributed by atoms with Gasteiger partial charge in [0, 0.05) is 5.54 Å². The van der Waals surface area contributed by atoms with Crippen molar-refractivity contribution in [3.05, 3.63) is 64.7 Å². The van der Waals surface area contributed by atoms with E-state index in [0.29, 0.717) is 21.4 Å². The molecule has 0 heterocycles. The summed E-state index contributed by atoms with van der Waals surface area (Å²) in [5.74, 6) is -0.409. The number of methoxy groups -OCH3 is 1. The molecule has 1 saturated carbocycles. The van der Waals surface area contributed by atoms with Gasteiger partial charge in [-0.1, -0.05) is 54.8 Å². The minimum Gasteiger partial charge on any atom is -0.465 e. The second-order valence-corrected chi connectivity index (χ2v) is 8.05. The fourth-order valence-corrected chi connectivity index (χ4v) is 4.27. The first-order chi connectivity index (χ1) is 13.5. The Labute approximate surface area is 176 Å². The van der Waals surface area contributed by atoms with Crippen molar-refractivity contribution in [1.29, 1.82) is 0 Å². The molecule has 0 amide bonds. The van der Waals surface area contributed by atoms with Crippen molar-refractivity contribution in [2.75, 3.05) is 12.4 Å². The van der Waals surface area contributed by atoms with Crippen LogP contribution in [0.15, 0.2) is 48.5 Å². The first-order valence-electron chi connectivity index (χ1n) is 9.52. The van der Waals surface area contributed by atoms with Crippen molar-refractivity contribution in [2.24, 2.45) is 0 Å². The molecule has 1 fully saturated rings. The van der Waals surface area contributed by atoms with Gasteiger partial charge in [-0.25, -0.2) is 4.79 Å². The van der Waals surface area contributed by atoms with Crippen LogP contribution in [0.3, 0.4) is 0 Å². The number of thiocarbonyl (C=S) groups is 1. The number of anilines is 1. The number of nitrogens with one attached hydrogen (secondary N) is 2. The normalized spacial score (nSPS) is 15.1. The number of rotatable bonds is 6. The maximum atomic E-state index is 11.8. The number of carbonyl (C=O) groups is 1. The molecule has 0 unspecified atom stereocenters. The number of halogens is 1. The number of aryl methyl sites for hydroxylation is 1. The van der Waals surface area contributed by atoms with Gasteiger partial charge in [-0.2, -0.15) is 0 Å². The zero-order valence-electron chi connectivity index (χ0n) is 16.0. The lowest BCUT2D eigenvalue weighted by Gasteiger charge is -2.32. The second kappa shape index (κ2) is 9.39. The van der Waals surface area contributed by atoms with E-state index in [1.54, 1.807) is 18.2 Å². The molecule has 0 aromatic heterocycles. The summed E-state index contributed by atoms with van der Waals surface area (Å²) < 4.78 is 4.78. The number of hydrogen-bond donors (Lipinski definition) is 2. The molecule has 148 valence electrons. The summed E-state index contributed by atoms with van der Waals surface area (Å²) in [6.07, 6.45) is 6.62. The van der Waals surface area contributed by atoms with E-state index in [0.717, 1.165) is 25.7 Å². The molecule has 6 heteroatoms. The lowest BCUT2D eigenvalue weighted by molar-refractivity contribution is 0.0601. The SMILES string of the molecule is COC(=O)c1ccc(Cl)c(NC(=S)NC2(CCc3ccccc3)CCCC2)c1. The Balaban J connectivity index is 1.67. The fourth-order valence-electron chi connectivity index (χ4n) is 3.78. The predicted molar refractivity (Wildman–Crippen MR) is 118 cm³/mol. The van der Waals surface area contributed by atoms with Gasteiger partial charge < -0.3 is 15.4 Å². The molecule has 0 aliphatic heterocycles. The molecular weight excluding hydrogens is 392 g/mol. The third kappa shape index (κ3) is 5.24. The first kappa shape index (κ1) is 20.6. The Morgan fingerprint density at radius 3 is 2.57 bits per heavy atom. The van der Waals surface area contributed by atoms with Crippen molar-refractivity contribution in [3.63, 3.8) is 0 Å². The van der Waals surface area contributed by atoms with Crippen LogP contribution in [-0.4, -0.2) is 23.7 Å². The van der Waals surface area contributed by atoms with Gasteiger partial charge in [0.2, 0.25) is 0 Å². The Hall–Kier alpha value is -2.11. The Bertz CT molecular complexity index is 836. The summed E-state index contributed by atoms with van der Waals surface area (Å²) in [7, 11) is 1.35. The number of ether oxygens (including phenoxy) is 1. The summed E-state index contributed by atoms with van der Waals surface area (Å²) in [6.45, 7) is 0. The van der Waals surface area contributed by atoms with Crippen LogP contribution in [0.1, 0.15) is 48.0 Å². The summed E-state index contributed by atoms with van der Waals surface area (Å²) in [4.78, 5) is 11.8. The molecule has 3 rings (SSSR count). The van der Waals surface area contributed by atoms with E-state index in [2.05, 4.69) is 34.9 Å². The van der Waals surface area contributed by atoms with Crippen LogP contribution >= 0.6 is 23.8 Å². The van der Waals surface area contributed by atoms with Gasteiger partial charge >= 0.3 is 5.97 Å². The molecule has 2 aromatic rings. The van der Waals surface area contributed by atoms with Crippen LogP contribution < -0.4 is 10.6 Å². The third-order valence-electron chi connectivity index (χ3n) is 5.31. The maximum absolute atomic E-state index is 11.8. The highest BCUT2D eigenvalue weighted by molar-refractivity contribution is 7.80. The van der Waals surface area contributed by atoms with Gasteiger partial charge in [-0.3, -0.25) is 0 Å². The highest BCUT2D eigenvalue weighted by atomic mass is 35.5. The van der Waals surface area contributed by atoms with E-state index in [9.17, 15) is 4.79 Å².